The van der Waals surface area contributed by atoms with E-state index in [4.69, 9.17) is 4.74 Å². The largest absolute Gasteiger partial charge is 0.456 e. The number of rotatable bonds is 10. The summed E-state index contributed by atoms with van der Waals surface area (Å²) >= 11 is 0. The number of nitrogens with one attached hydrogen (secondary N) is 1. The van der Waals surface area contributed by atoms with E-state index in [-0.39, 0.29) is 30.4 Å². The van der Waals surface area contributed by atoms with E-state index >= 15 is 0 Å². The molecule has 0 atom stereocenters. The van der Waals surface area contributed by atoms with Gasteiger partial charge in [-0.3, -0.25) is 9.59 Å². The highest BCUT2D eigenvalue weighted by molar-refractivity contribution is 7.89. The molecular weight excluding hydrogens is 392 g/mol. The van der Waals surface area contributed by atoms with E-state index in [1.54, 1.807) is 12.1 Å². The van der Waals surface area contributed by atoms with Crippen molar-refractivity contribution in [3.05, 3.63) is 54.6 Å². The molecule has 2 rings (SSSR count). The van der Waals surface area contributed by atoms with E-state index in [2.05, 4.69) is 11.3 Å². The Hall–Kier alpha value is -2.71. The van der Waals surface area contributed by atoms with Crippen LogP contribution < -0.4 is 4.72 Å². The molecule has 2 aromatic rings. The van der Waals surface area contributed by atoms with Crippen LogP contribution in [0.4, 0.5) is 0 Å². The maximum atomic E-state index is 12.4. The number of likely N-dealkylation sites (N-methyl/N-ethyl adjacent to an activating group) is 1. The Morgan fingerprint density at radius 1 is 1.14 bits per heavy atom. The molecule has 0 radical (unpaired) electrons. The third-order valence-corrected chi connectivity index (χ3v) is 5.66. The number of sulfonamides is 1. The highest BCUT2D eigenvalue weighted by atomic mass is 32.2. The number of ether oxygens (including phenoxy) is 1. The van der Waals surface area contributed by atoms with Gasteiger partial charge in [-0.25, -0.2) is 13.1 Å². The molecule has 0 aliphatic heterocycles. The van der Waals surface area contributed by atoms with Gasteiger partial charge in [-0.05, 0) is 36.8 Å². The summed E-state index contributed by atoms with van der Waals surface area (Å²) in [4.78, 5) is 25.5. The average molecular weight is 419 g/mol. The molecule has 29 heavy (non-hydrogen) atoms. The predicted molar refractivity (Wildman–Crippen MR) is 112 cm³/mol. The van der Waals surface area contributed by atoms with Gasteiger partial charge in [0.25, 0.3) is 5.91 Å². The Morgan fingerprint density at radius 3 is 2.48 bits per heavy atom. The molecule has 7 nitrogen and oxygen atoms in total. The number of nitrogens with zero attached hydrogens (tertiary/aromatic N) is 1. The minimum Gasteiger partial charge on any atom is -0.456 e. The lowest BCUT2D eigenvalue weighted by atomic mass is 10.1. The van der Waals surface area contributed by atoms with Gasteiger partial charge in [0.1, 0.15) is 0 Å². The zero-order chi connectivity index (χ0) is 21.4. The van der Waals surface area contributed by atoms with E-state index in [1.165, 1.54) is 11.0 Å². The molecule has 8 heteroatoms. The number of fused-ring (bicyclic) bond motifs is 1. The summed E-state index contributed by atoms with van der Waals surface area (Å²) in [6.07, 6.45) is -0.174. The number of carbonyl (C=O) groups is 2. The molecule has 0 aromatic heterocycles. The van der Waals surface area contributed by atoms with Gasteiger partial charge in [-0.2, -0.15) is 0 Å². The fourth-order valence-electron chi connectivity index (χ4n) is 2.71. The molecule has 0 unspecified atom stereocenters. The number of hydrogen-bond donors (Lipinski definition) is 1. The van der Waals surface area contributed by atoms with Gasteiger partial charge in [0.2, 0.25) is 10.0 Å². The highest BCUT2D eigenvalue weighted by Gasteiger charge is 2.17. The van der Waals surface area contributed by atoms with E-state index < -0.39 is 16.0 Å². The van der Waals surface area contributed by atoms with Crippen molar-refractivity contribution < 1.29 is 22.7 Å². The monoisotopic (exact) mass is 418 g/mol. The summed E-state index contributed by atoms with van der Waals surface area (Å²) in [6, 6.07) is 12.3. The number of carbonyl (C=O) groups excluding carboxylic acids is 2. The summed E-state index contributed by atoms with van der Waals surface area (Å²) < 4.78 is 32.2. The van der Waals surface area contributed by atoms with Gasteiger partial charge in [-0.1, -0.05) is 42.5 Å². The van der Waals surface area contributed by atoms with Crippen LogP contribution in [0.3, 0.4) is 0 Å². The first-order chi connectivity index (χ1) is 13.7. The molecule has 0 heterocycles. The van der Waals surface area contributed by atoms with Crippen LogP contribution in [0.25, 0.3) is 10.8 Å². The maximum absolute atomic E-state index is 12.4. The van der Waals surface area contributed by atoms with Crippen LogP contribution in [0.15, 0.2) is 59.5 Å². The van der Waals surface area contributed by atoms with Crippen LogP contribution in [0.2, 0.25) is 0 Å². The van der Waals surface area contributed by atoms with E-state index in [9.17, 15) is 18.0 Å². The first-order valence-electron chi connectivity index (χ1n) is 9.29. The zero-order valence-corrected chi connectivity index (χ0v) is 17.5. The Kier molecular flexibility index (Phi) is 7.92. The second kappa shape index (κ2) is 10.2. The lowest BCUT2D eigenvalue weighted by Gasteiger charge is -2.20. The number of amides is 1. The van der Waals surface area contributed by atoms with Gasteiger partial charge in [0.05, 0.1) is 11.3 Å². The third-order valence-electron chi connectivity index (χ3n) is 4.20. The molecular formula is C21H26N2O5S. The molecule has 0 fully saturated rings. The van der Waals surface area contributed by atoms with Crippen molar-refractivity contribution in [3.63, 3.8) is 0 Å². The van der Waals surface area contributed by atoms with Crippen molar-refractivity contribution >= 4 is 32.7 Å². The first-order valence-corrected chi connectivity index (χ1v) is 10.8. The Bertz CT molecular complexity index is 1000. The summed E-state index contributed by atoms with van der Waals surface area (Å²) in [7, 11) is -3.75. The Labute approximate surface area is 171 Å². The first kappa shape index (κ1) is 22.6. The van der Waals surface area contributed by atoms with Gasteiger partial charge in [0.15, 0.2) is 6.61 Å². The Balaban J connectivity index is 1.84. The highest BCUT2D eigenvalue weighted by Crippen LogP contribution is 2.18. The van der Waals surface area contributed by atoms with Gasteiger partial charge < -0.3 is 9.64 Å². The summed E-state index contributed by atoms with van der Waals surface area (Å²) in [5.41, 5.74) is 0.828. The third kappa shape index (κ3) is 6.69. The normalized spacial score (nSPS) is 11.2. The topological polar surface area (TPSA) is 92.8 Å². The van der Waals surface area contributed by atoms with Crippen LogP contribution >= 0.6 is 0 Å². The number of hydrogen-bond acceptors (Lipinski definition) is 5. The molecule has 0 aliphatic carbocycles. The lowest BCUT2D eigenvalue weighted by molar-refractivity contribution is -0.151. The van der Waals surface area contributed by atoms with Crippen molar-refractivity contribution in [1.82, 2.24) is 9.62 Å². The fraction of sp³-hybridized carbons (Fsp3) is 0.333. The zero-order valence-electron chi connectivity index (χ0n) is 16.7. The molecule has 0 aliphatic rings. The second-order valence-corrected chi connectivity index (χ2v) is 8.45. The lowest BCUT2D eigenvalue weighted by Crippen LogP contribution is -2.36. The molecule has 0 saturated heterocycles. The van der Waals surface area contributed by atoms with Gasteiger partial charge >= 0.3 is 5.97 Å². The maximum Gasteiger partial charge on any atom is 0.307 e. The molecule has 0 saturated carbocycles. The second-order valence-electron chi connectivity index (χ2n) is 6.68. The molecule has 1 amide bonds. The smallest absolute Gasteiger partial charge is 0.307 e. The van der Waals surface area contributed by atoms with Crippen molar-refractivity contribution in [1.29, 1.82) is 0 Å². The molecule has 0 spiro atoms. The standard InChI is InChI=1S/C21H26N2O5S/c1-4-23(14-16(2)3)20(24)15-28-21(25)11-12-22-29(26,27)19-10-9-17-7-5-6-8-18(17)13-19/h5-10,13,22H,2,4,11-12,14-15H2,1,3H3. The van der Waals surface area contributed by atoms with Crippen molar-refractivity contribution in [2.45, 2.75) is 25.2 Å². The fourth-order valence-corrected chi connectivity index (χ4v) is 3.78. The summed E-state index contributed by atoms with van der Waals surface area (Å²) in [6.45, 7) is 7.78. The molecule has 1 N–H and O–H groups in total. The SMILES string of the molecule is C=C(C)CN(CC)C(=O)COC(=O)CCNS(=O)(=O)c1ccc2ccccc2c1. The minimum absolute atomic E-state index is 0.120. The van der Waals surface area contributed by atoms with Crippen LogP contribution in [-0.4, -0.2) is 51.4 Å². The van der Waals surface area contributed by atoms with Crippen molar-refractivity contribution in [2.75, 3.05) is 26.2 Å². The molecule has 0 bridgehead atoms. The number of benzene rings is 2. The molecule has 156 valence electrons. The predicted octanol–water partition coefficient (Wildman–Crippen LogP) is 2.48. The van der Waals surface area contributed by atoms with Crippen molar-refractivity contribution in [2.24, 2.45) is 0 Å². The average Bonchev–Trinajstić information content (AvgIpc) is 2.69. The summed E-state index contributed by atoms with van der Waals surface area (Å²) in [5, 5.41) is 1.75. The van der Waals surface area contributed by atoms with Crippen molar-refractivity contribution in [3.8, 4) is 0 Å². The summed E-state index contributed by atoms with van der Waals surface area (Å²) in [5.74, 6) is -0.966. The van der Waals surface area contributed by atoms with Crippen LogP contribution in [0, 0.1) is 0 Å². The minimum atomic E-state index is -3.75. The van der Waals surface area contributed by atoms with Crippen LogP contribution in [0.1, 0.15) is 20.3 Å². The van der Waals surface area contributed by atoms with Crippen LogP contribution in [-0.2, 0) is 24.3 Å². The number of esters is 1. The van der Waals surface area contributed by atoms with E-state index in [1.807, 2.05) is 38.1 Å². The Morgan fingerprint density at radius 2 is 1.83 bits per heavy atom. The van der Waals surface area contributed by atoms with E-state index in [0.29, 0.717) is 13.1 Å². The van der Waals surface area contributed by atoms with Crippen LogP contribution in [0.5, 0.6) is 0 Å². The molecule has 2 aromatic carbocycles. The van der Waals surface area contributed by atoms with Gasteiger partial charge in [-0.15, -0.1) is 0 Å². The quantitative estimate of drug-likeness (QED) is 0.473. The van der Waals surface area contributed by atoms with Gasteiger partial charge in [0, 0.05) is 19.6 Å². The van der Waals surface area contributed by atoms with E-state index in [0.717, 1.165) is 16.3 Å².